The Morgan fingerprint density at radius 2 is 2.14 bits per heavy atom. The van der Waals surface area contributed by atoms with Crippen LogP contribution in [-0.4, -0.2) is 21.5 Å². The minimum atomic E-state index is -3.84. The van der Waals surface area contributed by atoms with Crippen molar-refractivity contribution in [3.05, 3.63) is 46.2 Å². The highest BCUT2D eigenvalue weighted by Crippen LogP contribution is 2.20. The standard InChI is InChI=1S/C13H14N2O4S2/c1-19-13(16)11-6-10(14)2-3-12(11)21(17,18)15-7-9-4-5-20-8-9/h2-6,8,15H,7,14H2,1H3. The lowest BCUT2D eigenvalue weighted by molar-refractivity contribution is 0.0596. The van der Waals surface area contributed by atoms with E-state index >= 15 is 0 Å². The Kier molecular flexibility index (Phi) is 4.61. The van der Waals surface area contributed by atoms with Crippen LogP contribution in [0.15, 0.2) is 39.9 Å². The van der Waals surface area contributed by atoms with E-state index in [0.29, 0.717) is 0 Å². The van der Waals surface area contributed by atoms with Crippen LogP contribution in [0.5, 0.6) is 0 Å². The predicted octanol–water partition coefficient (Wildman–Crippen LogP) is 1.60. The Balaban J connectivity index is 2.33. The molecule has 1 aromatic carbocycles. The molecule has 0 bridgehead atoms. The van der Waals surface area contributed by atoms with Crippen molar-refractivity contribution in [1.29, 1.82) is 0 Å². The quantitative estimate of drug-likeness (QED) is 0.642. The number of anilines is 1. The molecule has 2 rings (SSSR count). The van der Waals surface area contributed by atoms with Gasteiger partial charge in [0.2, 0.25) is 10.0 Å². The second kappa shape index (κ2) is 6.25. The normalized spacial score (nSPS) is 11.3. The van der Waals surface area contributed by atoms with Gasteiger partial charge in [-0.3, -0.25) is 0 Å². The highest BCUT2D eigenvalue weighted by Gasteiger charge is 2.23. The summed E-state index contributed by atoms with van der Waals surface area (Å²) in [5.74, 6) is -0.752. The van der Waals surface area contributed by atoms with Crippen LogP contribution >= 0.6 is 11.3 Å². The number of methoxy groups -OCH3 is 1. The third kappa shape index (κ3) is 3.60. The zero-order valence-corrected chi connectivity index (χ0v) is 12.8. The van der Waals surface area contributed by atoms with Crippen molar-refractivity contribution in [1.82, 2.24) is 4.72 Å². The summed E-state index contributed by atoms with van der Waals surface area (Å²) < 4.78 is 31.7. The van der Waals surface area contributed by atoms with Crippen molar-refractivity contribution in [2.45, 2.75) is 11.4 Å². The average molecular weight is 326 g/mol. The van der Waals surface area contributed by atoms with Gasteiger partial charge in [0.15, 0.2) is 0 Å². The van der Waals surface area contributed by atoms with Gasteiger partial charge in [-0.05, 0) is 40.6 Å². The van der Waals surface area contributed by atoms with Gasteiger partial charge in [0, 0.05) is 12.2 Å². The molecule has 0 aliphatic carbocycles. The number of sulfonamides is 1. The number of nitrogen functional groups attached to an aromatic ring is 1. The molecule has 0 saturated carbocycles. The van der Waals surface area contributed by atoms with Crippen LogP contribution < -0.4 is 10.5 Å². The lowest BCUT2D eigenvalue weighted by Crippen LogP contribution is -2.25. The minimum Gasteiger partial charge on any atom is -0.465 e. The zero-order valence-electron chi connectivity index (χ0n) is 11.2. The van der Waals surface area contributed by atoms with Gasteiger partial charge in [-0.25, -0.2) is 17.9 Å². The molecule has 0 unspecified atom stereocenters. The van der Waals surface area contributed by atoms with Crippen molar-refractivity contribution in [2.24, 2.45) is 0 Å². The van der Waals surface area contributed by atoms with Crippen molar-refractivity contribution < 1.29 is 17.9 Å². The summed E-state index contributed by atoms with van der Waals surface area (Å²) in [6.45, 7) is 0.150. The molecule has 0 fully saturated rings. The van der Waals surface area contributed by atoms with Gasteiger partial charge in [-0.15, -0.1) is 0 Å². The Labute approximate surface area is 126 Å². The summed E-state index contributed by atoms with van der Waals surface area (Å²) in [6, 6.07) is 5.81. The Morgan fingerprint density at radius 1 is 1.38 bits per heavy atom. The Bertz CT molecular complexity index is 740. The highest BCUT2D eigenvalue weighted by atomic mass is 32.2. The van der Waals surface area contributed by atoms with Gasteiger partial charge in [0.1, 0.15) is 0 Å². The lowest BCUT2D eigenvalue weighted by atomic mass is 10.2. The molecule has 0 atom stereocenters. The van der Waals surface area contributed by atoms with Crippen LogP contribution in [0.3, 0.4) is 0 Å². The molecule has 0 spiro atoms. The van der Waals surface area contributed by atoms with Crippen molar-refractivity contribution in [3.8, 4) is 0 Å². The number of hydrogen-bond acceptors (Lipinski definition) is 6. The number of esters is 1. The summed E-state index contributed by atoms with van der Waals surface area (Å²) in [5.41, 5.74) is 6.64. The second-order valence-corrected chi connectivity index (χ2v) is 6.72. The Morgan fingerprint density at radius 3 is 2.76 bits per heavy atom. The molecule has 8 heteroatoms. The van der Waals surface area contributed by atoms with Gasteiger partial charge in [-0.2, -0.15) is 11.3 Å². The molecule has 2 aromatic rings. The summed E-state index contributed by atoms with van der Waals surface area (Å²) in [7, 11) is -2.66. The molecule has 1 heterocycles. The fourth-order valence-electron chi connectivity index (χ4n) is 1.70. The number of carbonyl (C=O) groups excluding carboxylic acids is 1. The van der Waals surface area contributed by atoms with Gasteiger partial charge in [-0.1, -0.05) is 0 Å². The lowest BCUT2D eigenvalue weighted by Gasteiger charge is -2.10. The molecule has 112 valence electrons. The maximum atomic E-state index is 12.3. The van der Waals surface area contributed by atoms with Crippen LogP contribution in [0.2, 0.25) is 0 Å². The molecule has 3 N–H and O–H groups in total. The van der Waals surface area contributed by atoms with Gasteiger partial charge in [0.25, 0.3) is 0 Å². The number of thiophene rings is 1. The number of nitrogens with two attached hydrogens (primary N) is 1. The maximum absolute atomic E-state index is 12.3. The van der Waals surface area contributed by atoms with Crippen molar-refractivity contribution >= 4 is 33.0 Å². The largest absolute Gasteiger partial charge is 0.465 e. The highest BCUT2D eigenvalue weighted by molar-refractivity contribution is 7.89. The van der Waals surface area contributed by atoms with Crippen molar-refractivity contribution in [3.63, 3.8) is 0 Å². The Hall–Kier alpha value is -1.90. The molecule has 1 aromatic heterocycles. The van der Waals surface area contributed by atoms with Crippen LogP contribution in [0, 0.1) is 0 Å². The third-order valence-electron chi connectivity index (χ3n) is 2.74. The number of nitrogens with one attached hydrogen (secondary N) is 1. The number of rotatable bonds is 5. The van der Waals surface area contributed by atoms with E-state index in [4.69, 9.17) is 5.73 Å². The molecular weight excluding hydrogens is 312 g/mol. The number of hydrogen-bond donors (Lipinski definition) is 2. The monoisotopic (exact) mass is 326 g/mol. The molecule has 0 radical (unpaired) electrons. The summed E-state index contributed by atoms with van der Waals surface area (Å²) in [6.07, 6.45) is 0. The predicted molar refractivity (Wildman–Crippen MR) is 80.5 cm³/mol. The third-order valence-corrected chi connectivity index (χ3v) is 4.94. The minimum absolute atomic E-state index is 0.0877. The first-order chi connectivity index (χ1) is 9.94. The molecular formula is C13H14N2O4S2. The van der Waals surface area contributed by atoms with E-state index < -0.39 is 16.0 Å². The molecule has 0 amide bonds. The fraction of sp³-hybridized carbons (Fsp3) is 0.154. The van der Waals surface area contributed by atoms with Crippen LogP contribution in [0.25, 0.3) is 0 Å². The zero-order chi connectivity index (χ0) is 15.5. The summed E-state index contributed by atoms with van der Waals surface area (Å²) in [5, 5.41) is 3.69. The summed E-state index contributed by atoms with van der Waals surface area (Å²) >= 11 is 1.47. The van der Waals surface area contributed by atoms with Gasteiger partial charge >= 0.3 is 5.97 Å². The SMILES string of the molecule is COC(=O)c1cc(N)ccc1S(=O)(=O)NCc1ccsc1. The maximum Gasteiger partial charge on any atom is 0.339 e. The molecule has 0 aliphatic heterocycles. The molecule has 21 heavy (non-hydrogen) atoms. The summed E-state index contributed by atoms with van der Waals surface area (Å²) in [4.78, 5) is 11.5. The number of benzene rings is 1. The molecule has 0 aliphatic rings. The molecule has 6 nitrogen and oxygen atoms in total. The average Bonchev–Trinajstić information content (AvgIpc) is 2.97. The van der Waals surface area contributed by atoms with E-state index in [-0.39, 0.29) is 22.7 Å². The van der Waals surface area contributed by atoms with Crippen LogP contribution in [-0.2, 0) is 21.3 Å². The van der Waals surface area contributed by atoms with E-state index in [0.717, 1.165) is 5.56 Å². The van der Waals surface area contributed by atoms with Crippen molar-refractivity contribution in [2.75, 3.05) is 12.8 Å². The second-order valence-electron chi connectivity index (χ2n) is 4.20. The molecule has 0 saturated heterocycles. The van der Waals surface area contributed by atoms with Crippen LogP contribution in [0.1, 0.15) is 15.9 Å². The van der Waals surface area contributed by atoms with Gasteiger partial charge in [0.05, 0.1) is 17.6 Å². The fourth-order valence-corrected chi connectivity index (χ4v) is 3.56. The first kappa shape index (κ1) is 15.5. The van der Waals surface area contributed by atoms with E-state index in [1.807, 2.05) is 16.8 Å². The first-order valence-corrected chi connectivity index (χ1v) is 8.35. The number of ether oxygens (including phenoxy) is 1. The van der Waals surface area contributed by atoms with Gasteiger partial charge < -0.3 is 10.5 Å². The van der Waals surface area contributed by atoms with E-state index in [9.17, 15) is 13.2 Å². The first-order valence-electron chi connectivity index (χ1n) is 5.92. The topological polar surface area (TPSA) is 98.5 Å². The number of carbonyl (C=O) groups is 1. The van der Waals surface area contributed by atoms with E-state index in [1.54, 1.807) is 0 Å². The van der Waals surface area contributed by atoms with E-state index in [2.05, 4.69) is 9.46 Å². The smallest absolute Gasteiger partial charge is 0.339 e. The van der Waals surface area contributed by atoms with E-state index in [1.165, 1.54) is 36.6 Å². The van der Waals surface area contributed by atoms with Crippen LogP contribution in [0.4, 0.5) is 5.69 Å².